The molecular formula is C75H65BN2. The maximum atomic E-state index is 2.81. The zero-order valence-electron chi connectivity index (χ0n) is 46.9. The summed E-state index contributed by atoms with van der Waals surface area (Å²) in [6.45, 7) is 25.9. The molecule has 16 rings (SSSR count). The lowest BCUT2D eigenvalue weighted by molar-refractivity contribution is 0.590. The fourth-order valence-electron chi connectivity index (χ4n) is 15.2. The smallest absolute Gasteiger partial charge is 0.252 e. The summed E-state index contributed by atoms with van der Waals surface area (Å²) in [6, 6.07) is 68.3. The molecule has 2 nitrogen and oxygen atoms in total. The second kappa shape index (κ2) is 15.7. The van der Waals surface area contributed by atoms with E-state index in [0.29, 0.717) is 23.7 Å². The maximum Gasteiger partial charge on any atom is 0.252 e. The van der Waals surface area contributed by atoms with Crippen LogP contribution in [0, 0.1) is 0 Å². The quantitative estimate of drug-likeness (QED) is 0.147. The normalized spacial score (nSPS) is 14.4. The topological polar surface area (TPSA) is 9.86 Å². The van der Waals surface area contributed by atoms with Gasteiger partial charge in [0.25, 0.3) is 6.71 Å². The van der Waals surface area contributed by atoms with Crippen molar-refractivity contribution in [3.05, 3.63) is 220 Å². The molecule has 3 aliphatic heterocycles. The third-order valence-corrected chi connectivity index (χ3v) is 19.3. The van der Waals surface area contributed by atoms with Gasteiger partial charge in [0, 0.05) is 43.8 Å². The van der Waals surface area contributed by atoms with E-state index in [9.17, 15) is 0 Å². The number of benzene rings is 10. The Morgan fingerprint density at radius 2 is 0.897 bits per heavy atom. The van der Waals surface area contributed by atoms with Gasteiger partial charge in [-0.3, -0.25) is 0 Å². The molecule has 1 aliphatic carbocycles. The number of nitrogens with zero attached hydrogens (tertiary/aromatic N) is 2. The first-order chi connectivity index (χ1) is 37.6. The Labute approximate surface area is 459 Å². The van der Waals surface area contributed by atoms with Gasteiger partial charge in [0.2, 0.25) is 0 Å². The Bertz CT molecular complexity index is 4610. The summed E-state index contributed by atoms with van der Waals surface area (Å²) in [5, 5.41) is 7.98. The van der Waals surface area contributed by atoms with E-state index in [1.807, 2.05) is 0 Å². The molecule has 5 heterocycles. The average Bonchev–Trinajstić information content (AvgIpc) is 3.04. The van der Waals surface area contributed by atoms with E-state index in [-0.39, 0.29) is 12.1 Å². The maximum absolute atomic E-state index is 2.81. The lowest BCUT2D eigenvalue weighted by Gasteiger charge is -2.45. The van der Waals surface area contributed by atoms with Crippen LogP contribution in [0.5, 0.6) is 0 Å². The molecule has 0 fully saturated rings. The van der Waals surface area contributed by atoms with Crippen molar-refractivity contribution in [1.29, 1.82) is 0 Å². The van der Waals surface area contributed by atoms with Crippen molar-refractivity contribution in [2.24, 2.45) is 0 Å². The molecule has 2 aromatic heterocycles. The second-order valence-electron chi connectivity index (χ2n) is 26.0. The van der Waals surface area contributed by atoms with Gasteiger partial charge in [-0.15, -0.1) is 0 Å². The van der Waals surface area contributed by atoms with E-state index in [1.54, 1.807) is 0 Å². The molecule has 0 radical (unpaired) electrons. The summed E-state index contributed by atoms with van der Waals surface area (Å²) in [7, 11) is 0. The molecule has 0 saturated heterocycles. The molecular weight excluding hydrogens is 940 g/mol. The molecule has 378 valence electrons. The molecule has 4 aliphatic rings. The fraction of sp³-hybridized carbons (Fsp3) is 0.227. The molecule has 0 saturated carbocycles. The highest BCUT2D eigenvalue weighted by Crippen LogP contribution is 2.63. The molecule has 0 N–H and O–H groups in total. The highest BCUT2D eigenvalue weighted by atomic mass is 15.1. The third-order valence-electron chi connectivity index (χ3n) is 19.3. The molecule has 1 spiro atoms. The van der Waals surface area contributed by atoms with Crippen molar-refractivity contribution in [1.82, 2.24) is 9.13 Å². The predicted molar refractivity (Wildman–Crippen MR) is 334 cm³/mol. The van der Waals surface area contributed by atoms with Crippen LogP contribution in [0.1, 0.15) is 150 Å². The number of fused-ring (bicyclic) bond motifs is 15. The van der Waals surface area contributed by atoms with Crippen LogP contribution in [-0.4, -0.2) is 15.8 Å². The molecule has 12 aromatic rings. The van der Waals surface area contributed by atoms with Crippen LogP contribution in [0.25, 0.3) is 99.1 Å². The van der Waals surface area contributed by atoms with Gasteiger partial charge in [-0.1, -0.05) is 197 Å². The minimum absolute atomic E-state index is 0.0166. The Morgan fingerprint density at radius 3 is 1.50 bits per heavy atom. The van der Waals surface area contributed by atoms with Crippen LogP contribution in [0.15, 0.2) is 170 Å². The van der Waals surface area contributed by atoms with Crippen molar-refractivity contribution in [2.45, 2.75) is 111 Å². The fourth-order valence-corrected chi connectivity index (χ4v) is 15.2. The zero-order valence-corrected chi connectivity index (χ0v) is 46.9. The van der Waals surface area contributed by atoms with E-state index in [0.717, 1.165) is 0 Å². The highest BCUT2D eigenvalue weighted by molar-refractivity contribution is 7.00. The summed E-state index contributed by atoms with van der Waals surface area (Å²) in [5.74, 6) is 1.43. The summed E-state index contributed by atoms with van der Waals surface area (Å²) >= 11 is 0. The predicted octanol–water partition coefficient (Wildman–Crippen LogP) is 18.0. The van der Waals surface area contributed by atoms with E-state index in [2.05, 4.69) is 255 Å². The molecule has 3 heteroatoms. The van der Waals surface area contributed by atoms with Gasteiger partial charge in [-0.05, 0) is 183 Å². The Balaban J connectivity index is 1.11. The van der Waals surface area contributed by atoms with E-state index < -0.39 is 5.41 Å². The largest absolute Gasteiger partial charge is 0.310 e. The number of rotatable bonds is 6. The van der Waals surface area contributed by atoms with Crippen LogP contribution in [0.4, 0.5) is 0 Å². The van der Waals surface area contributed by atoms with Crippen LogP contribution >= 0.6 is 0 Å². The van der Waals surface area contributed by atoms with Crippen molar-refractivity contribution in [2.75, 3.05) is 0 Å². The molecule has 0 amide bonds. The standard InChI is InChI=1S/C75H65BN2/c1-40(2)45-26-29-67-57(32-45)58-34-51(42(5)6)37-65-70(58)77(67)72-56(49-23-22-47-30-46(20-21-48(47)31-49)44-24-27-53(28-25-44)74(9,10)11)39-64-73-68(72)76(65)66-38-52(43(7)8)35-60-59-33-50(41(3)4)36-63(69(59)78(73)71(60)66)75(64)61-18-14-12-16-54(61)55-17-13-15-19-62(55)75/h12-43H,1-11H3. The number of hydrogen-bond acceptors (Lipinski definition) is 0. The van der Waals surface area contributed by atoms with Crippen LogP contribution in [0.2, 0.25) is 0 Å². The van der Waals surface area contributed by atoms with Gasteiger partial charge in [0.1, 0.15) is 0 Å². The lowest BCUT2D eigenvalue weighted by Crippen LogP contribution is -2.61. The van der Waals surface area contributed by atoms with Crippen molar-refractivity contribution < 1.29 is 0 Å². The molecule has 0 unspecified atom stereocenters. The summed E-state index contributed by atoms with van der Waals surface area (Å²) in [6.07, 6.45) is 0. The monoisotopic (exact) mass is 1000 g/mol. The zero-order chi connectivity index (χ0) is 53.2. The van der Waals surface area contributed by atoms with Gasteiger partial charge < -0.3 is 9.13 Å². The minimum atomic E-state index is -0.600. The molecule has 0 atom stereocenters. The van der Waals surface area contributed by atoms with Crippen LogP contribution < -0.4 is 16.4 Å². The van der Waals surface area contributed by atoms with Crippen molar-refractivity contribution in [3.63, 3.8) is 0 Å². The van der Waals surface area contributed by atoms with Gasteiger partial charge >= 0.3 is 0 Å². The second-order valence-corrected chi connectivity index (χ2v) is 26.0. The molecule has 0 bridgehead atoms. The molecule has 10 aromatic carbocycles. The van der Waals surface area contributed by atoms with Gasteiger partial charge in [0.05, 0.1) is 22.1 Å². The van der Waals surface area contributed by atoms with Crippen molar-refractivity contribution >= 4 is 77.5 Å². The van der Waals surface area contributed by atoms with E-state index in [1.165, 1.54) is 166 Å². The van der Waals surface area contributed by atoms with Crippen LogP contribution in [-0.2, 0) is 10.8 Å². The first kappa shape index (κ1) is 46.2. The Kier molecular flexibility index (Phi) is 9.28. The summed E-state index contributed by atoms with van der Waals surface area (Å²) in [4.78, 5) is 0. The third kappa shape index (κ3) is 5.85. The number of aromatic nitrogens is 2. The van der Waals surface area contributed by atoms with Crippen LogP contribution in [0.3, 0.4) is 0 Å². The van der Waals surface area contributed by atoms with E-state index in [4.69, 9.17) is 0 Å². The molecule has 78 heavy (non-hydrogen) atoms. The Morgan fingerprint density at radius 1 is 0.385 bits per heavy atom. The Hall–Kier alpha value is -7.88. The summed E-state index contributed by atoms with van der Waals surface area (Å²) in [5.41, 5.74) is 32.1. The SMILES string of the molecule is CC(C)c1ccc2c(c1)c1cc(C(C)C)cc3c1n2-c1c(-c2ccc4cc(-c5ccc(C(C)(C)C)cc5)ccc4c2)cc2c4c1B3c1cc(C(C)C)cc3c5cc(C(C)C)cc(c5n-4c13)C21c2ccccc2-c2ccccc21. The lowest BCUT2D eigenvalue weighted by atomic mass is 9.33. The van der Waals surface area contributed by atoms with Gasteiger partial charge in [-0.2, -0.15) is 0 Å². The minimum Gasteiger partial charge on any atom is -0.310 e. The first-order valence-electron chi connectivity index (χ1n) is 29.0. The first-order valence-corrected chi connectivity index (χ1v) is 29.0. The van der Waals surface area contributed by atoms with Gasteiger partial charge in [0.15, 0.2) is 0 Å². The van der Waals surface area contributed by atoms with Gasteiger partial charge in [-0.25, -0.2) is 0 Å². The van der Waals surface area contributed by atoms with Crippen molar-refractivity contribution in [3.8, 4) is 44.8 Å². The average molecular weight is 1010 g/mol. The number of hydrogen-bond donors (Lipinski definition) is 0. The summed E-state index contributed by atoms with van der Waals surface area (Å²) < 4.78 is 5.56. The highest BCUT2D eigenvalue weighted by Gasteiger charge is 2.55. The van der Waals surface area contributed by atoms with E-state index >= 15 is 0 Å².